The fraction of sp³-hybridized carbons (Fsp3) is 0.500. The van der Waals surface area contributed by atoms with Crippen LogP contribution in [0.2, 0.25) is 0 Å². The minimum atomic E-state index is 0.00183. The molecule has 1 aromatic rings. The third-order valence-electron chi connectivity index (χ3n) is 2.93. The first-order valence-corrected chi connectivity index (χ1v) is 7.15. The first kappa shape index (κ1) is 14.3. The Morgan fingerprint density at radius 2 is 2.11 bits per heavy atom. The van der Waals surface area contributed by atoms with Crippen molar-refractivity contribution in [1.82, 2.24) is 4.90 Å². The van der Waals surface area contributed by atoms with Crippen LogP contribution in [0.4, 0.5) is 0 Å². The number of ether oxygens (including phenoxy) is 2. The van der Waals surface area contributed by atoms with Crippen molar-refractivity contribution in [2.45, 2.75) is 26.1 Å². The Kier molecular flexibility index (Phi) is 4.82. The number of hydrogen-bond donors (Lipinski definition) is 0. The molecule has 0 unspecified atom stereocenters. The molecule has 5 heteroatoms. The van der Waals surface area contributed by atoms with Gasteiger partial charge in [0.1, 0.15) is 5.75 Å². The maximum atomic E-state index is 12.1. The highest BCUT2D eigenvalue weighted by Gasteiger charge is 2.25. The van der Waals surface area contributed by atoms with Gasteiger partial charge in [0, 0.05) is 17.6 Å². The Labute approximate surface area is 121 Å². The highest BCUT2D eigenvalue weighted by molar-refractivity contribution is 9.10. The van der Waals surface area contributed by atoms with Gasteiger partial charge in [0.15, 0.2) is 6.61 Å². The number of carbonyl (C=O) groups is 1. The summed E-state index contributed by atoms with van der Waals surface area (Å²) in [5.41, 5.74) is 0. The number of rotatable bonds is 3. The van der Waals surface area contributed by atoms with Crippen LogP contribution in [-0.2, 0) is 9.53 Å². The minimum Gasteiger partial charge on any atom is -0.484 e. The number of halogens is 1. The average Bonchev–Trinajstić information content (AvgIpc) is 2.35. The molecule has 1 heterocycles. The Hall–Kier alpha value is -1.07. The number of nitrogens with zero attached hydrogens (tertiary/aromatic N) is 1. The summed E-state index contributed by atoms with van der Waals surface area (Å²) in [6.07, 6.45) is 0.164. The van der Waals surface area contributed by atoms with Gasteiger partial charge in [-0.25, -0.2) is 0 Å². The van der Waals surface area contributed by atoms with E-state index in [1.165, 1.54) is 0 Å². The van der Waals surface area contributed by atoms with Gasteiger partial charge in [-0.2, -0.15) is 0 Å². The molecule has 0 spiro atoms. The quantitative estimate of drug-likeness (QED) is 0.856. The van der Waals surface area contributed by atoms with Crippen molar-refractivity contribution in [3.8, 4) is 5.75 Å². The van der Waals surface area contributed by atoms with E-state index in [0.717, 1.165) is 4.47 Å². The molecule has 1 saturated heterocycles. The lowest BCUT2D eigenvalue weighted by molar-refractivity contribution is -0.145. The summed E-state index contributed by atoms with van der Waals surface area (Å²) < 4.78 is 12.1. The van der Waals surface area contributed by atoms with Crippen LogP contribution < -0.4 is 4.74 Å². The first-order valence-electron chi connectivity index (χ1n) is 6.36. The van der Waals surface area contributed by atoms with Gasteiger partial charge in [0.2, 0.25) is 0 Å². The molecule has 2 atom stereocenters. The smallest absolute Gasteiger partial charge is 0.260 e. The molecule has 19 heavy (non-hydrogen) atoms. The lowest BCUT2D eigenvalue weighted by Crippen LogP contribution is -2.49. The van der Waals surface area contributed by atoms with Crippen molar-refractivity contribution in [2.24, 2.45) is 0 Å². The molecule has 104 valence electrons. The van der Waals surface area contributed by atoms with Crippen LogP contribution in [-0.4, -0.2) is 42.7 Å². The summed E-state index contributed by atoms with van der Waals surface area (Å²) in [6.45, 7) is 5.28. The van der Waals surface area contributed by atoms with Crippen LogP contribution in [0.15, 0.2) is 28.7 Å². The van der Waals surface area contributed by atoms with E-state index in [0.29, 0.717) is 18.8 Å². The molecule has 0 saturated carbocycles. The second-order valence-electron chi connectivity index (χ2n) is 4.80. The minimum absolute atomic E-state index is 0.00183. The summed E-state index contributed by atoms with van der Waals surface area (Å²) in [7, 11) is 0. The van der Waals surface area contributed by atoms with Gasteiger partial charge in [-0.05, 0) is 32.0 Å². The summed E-state index contributed by atoms with van der Waals surface area (Å²) in [4.78, 5) is 13.9. The number of hydrogen-bond acceptors (Lipinski definition) is 3. The van der Waals surface area contributed by atoms with E-state index in [9.17, 15) is 4.79 Å². The summed E-state index contributed by atoms with van der Waals surface area (Å²) >= 11 is 3.37. The molecule has 0 aliphatic carbocycles. The molecule has 1 aliphatic rings. The van der Waals surface area contributed by atoms with Gasteiger partial charge in [-0.1, -0.05) is 22.0 Å². The fourth-order valence-corrected chi connectivity index (χ4v) is 2.55. The number of morpholine rings is 1. The number of amides is 1. The van der Waals surface area contributed by atoms with Gasteiger partial charge in [-0.15, -0.1) is 0 Å². The zero-order chi connectivity index (χ0) is 13.8. The average molecular weight is 328 g/mol. The van der Waals surface area contributed by atoms with Gasteiger partial charge in [-0.3, -0.25) is 4.79 Å². The predicted molar refractivity (Wildman–Crippen MR) is 76.2 cm³/mol. The Morgan fingerprint density at radius 1 is 1.42 bits per heavy atom. The molecule has 1 fully saturated rings. The van der Waals surface area contributed by atoms with E-state index in [-0.39, 0.29) is 24.7 Å². The molecule has 0 bridgehead atoms. The van der Waals surface area contributed by atoms with Crippen LogP contribution in [0.3, 0.4) is 0 Å². The monoisotopic (exact) mass is 327 g/mol. The van der Waals surface area contributed by atoms with Crippen LogP contribution in [0.25, 0.3) is 0 Å². The largest absolute Gasteiger partial charge is 0.484 e. The van der Waals surface area contributed by atoms with Crippen molar-refractivity contribution in [2.75, 3.05) is 19.7 Å². The third-order valence-corrected chi connectivity index (χ3v) is 3.42. The third kappa shape index (κ3) is 4.21. The van der Waals surface area contributed by atoms with Crippen LogP contribution in [0.5, 0.6) is 5.75 Å². The highest BCUT2D eigenvalue weighted by Crippen LogP contribution is 2.18. The predicted octanol–water partition coefficient (Wildman–Crippen LogP) is 2.46. The molecule has 0 aromatic heterocycles. The lowest BCUT2D eigenvalue weighted by atomic mass is 10.2. The SMILES string of the molecule is C[C@H]1CN(C(=O)COc2cccc(Br)c2)C[C@H](C)O1. The van der Waals surface area contributed by atoms with Gasteiger partial charge in [0.05, 0.1) is 12.2 Å². The molecule has 1 aromatic carbocycles. The number of benzene rings is 1. The first-order chi connectivity index (χ1) is 9.04. The van der Waals surface area contributed by atoms with Gasteiger partial charge in [0.25, 0.3) is 5.91 Å². The fourth-order valence-electron chi connectivity index (χ4n) is 2.17. The van der Waals surface area contributed by atoms with Crippen LogP contribution >= 0.6 is 15.9 Å². The Balaban J connectivity index is 1.87. The number of carbonyl (C=O) groups excluding carboxylic acids is 1. The van der Waals surface area contributed by atoms with E-state index in [2.05, 4.69) is 15.9 Å². The summed E-state index contributed by atoms with van der Waals surface area (Å²) in [6, 6.07) is 7.48. The van der Waals surface area contributed by atoms with Gasteiger partial charge < -0.3 is 14.4 Å². The van der Waals surface area contributed by atoms with Crippen molar-refractivity contribution in [1.29, 1.82) is 0 Å². The maximum absolute atomic E-state index is 12.1. The second-order valence-corrected chi connectivity index (χ2v) is 5.72. The zero-order valence-electron chi connectivity index (χ0n) is 11.1. The second kappa shape index (κ2) is 6.39. The van der Waals surface area contributed by atoms with Gasteiger partial charge >= 0.3 is 0 Å². The molecular weight excluding hydrogens is 310 g/mol. The maximum Gasteiger partial charge on any atom is 0.260 e. The zero-order valence-corrected chi connectivity index (χ0v) is 12.7. The normalized spacial score (nSPS) is 23.2. The molecular formula is C14H18BrNO3. The topological polar surface area (TPSA) is 38.8 Å². The van der Waals surface area contributed by atoms with Crippen LogP contribution in [0, 0.1) is 0 Å². The Bertz CT molecular complexity index is 442. The van der Waals surface area contributed by atoms with Crippen molar-refractivity contribution in [3.63, 3.8) is 0 Å². The highest BCUT2D eigenvalue weighted by atomic mass is 79.9. The standard InChI is InChI=1S/C14H18BrNO3/c1-10-7-16(8-11(2)19-10)14(17)9-18-13-5-3-4-12(15)6-13/h3-6,10-11H,7-9H2,1-2H3/t10-,11-/m0/s1. The molecule has 0 radical (unpaired) electrons. The molecule has 4 nitrogen and oxygen atoms in total. The van der Waals surface area contributed by atoms with Crippen molar-refractivity contribution < 1.29 is 14.3 Å². The Morgan fingerprint density at radius 3 is 2.74 bits per heavy atom. The van der Waals surface area contributed by atoms with E-state index < -0.39 is 0 Å². The lowest BCUT2D eigenvalue weighted by Gasteiger charge is -2.35. The summed E-state index contributed by atoms with van der Waals surface area (Å²) in [5, 5.41) is 0. The van der Waals surface area contributed by atoms with E-state index >= 15 is 0 Å². The van der Waals surface area contributed by atoms with Crippen LogP contribution in [0.1, 0.15) is 13.8 Å². The molecule has 2 rings (SSSR count). The molecule has 0 N–H and O–H groups in total. The van der Waals surface area contributed by atoms with E-state index in [4.69, 9.17) is 9.47 Å². The molecule has 1 aliphatic heterocycles. The van der Waals surface area contributed by atoms with E-state index in [1.807, 2.05) is 38.1 Å². The van der Waals surface area contributed by atoms with E-state index in [1.54, 1.807) is 4.90 Å². The van der Waals surface area contributed by atoms with Crippen molar-refractivity contribution in [3.05, 3.63) is 28.7 Å². The molecule has 1 amide bonds. The van der Waals surface area contributed by atoms with Crippen molar-refractivity contribution >= 4 is 21.8 Å². The summed E-state index contributed by atoms with van der Waals surface area (Å²) in [5.74, 6) is 0.694.